The first-order valence-corrected chi connectivity index (χ1v) is 6.30. The monoisotopic (exact) mass is 252 g/mol. The van der Waals surface area contributed by atoms with Crippen LogP contribution in [0.5, 0.6) is 0 Å². The molecule has 1 aromatic rings. The summed E-state index contributed by atoms with van der Waals surface area (Å²) in [6.07, 6.45) is 0. The Morgan fingerprint density at radius 3 is 2.18 bits per heavy atom. The highest BCUT2D eigenvalue weighted by atomic mass is 31.0. The number of nitro groups is 1. The SMILES string of the molecule is CP.[B]c1cc(C(C)(C)C)cc([N+](=O)[O-])c1N. The van der Waals surface area contributed by atoms with Crippen LogP contribution in [0.2, 0.25) is 0 Å². The standard InChI is InChI=1S/C10H13BN2O2.CH5P/c1-10(2,3)6-4-7(11)9(12)8(5-6)13(14)15;1-2/h4-5H,12H2,1-3H3;2H2,1H3. The summed E-state index contributed by atoms with van der Waals surface area (Å²) >= 11 is 0. The summed E-state index contributed by atoms with van der Waals surface area (Å²) in [6.45, 7) is 7.80. The topological polar surface area (TPSA) is 69.2 Å². The molecule has 0 saturated heterocycles. The fourth-order valence-corrected chi connectivity index (χ4v) is 1.24. The summed E-state index contributed by atoms with van der Waals surface area (Å²) < 4.78 is 0. The summed E-state index contributed by atoms with van der Waals surface area (Å²) in [4.78, 5) is 10.2. The summed E-state index contributed by atoms with van der Waals surface area (Å²) in [7, 11) is 8.04. The molecule has 0 aliphatic heterocycles. The lowest BCUT2D eigenvalue weighted by atomic mass is 9.82. The highest BCUT2D eigenvalue weighted by molar-refractivity contribution is 7.15. The second kappa shape index (κ2) is 6.01. The molecule has 0 saturated carbocycles. The zero-order chi connectivity index (χ0) is 13.8. The lowest BCUT2D eigenvalue weighted by Crippen LogP contribution is -2.19. The zero-order valence-corrected chi connectivity index (χ0v) is 11.8. The van der Waals surface area contributed by atoms with E-state index in [0.29, 0.717) is 0 Å². The van der Waals surface area contributed by atoms with Crippen LogP contribution in [0.25, 0.3) is 0 Å². The molecular weight excluding hydrogens is 234 g/mol. The summed E-state index contributed by atoms with van der Waals surface area (Å²) in [5.74, 6) is 0. The molecule has 1 unspecified atom stereocenters. The number of nitrogens with zero attached hydrogens (tertiary/aromatic N) is 1. The van der Waals surface area contributed by atoms with Gasteiger partial charge in [0.05, 0.1) is 4.92 Å². The van der Waals surface area contributed by atoms with Crippen LogP contribution in [0.3, 0.4) is 0 Å². The molecule has 0 aromatic heterocycles. The molecule has 0 fully saturated rings. The normalized spacial score (nSPS) is 10.4. The van der Waals surface area contributed by atoms with Gasteiger partial charge in [-0.05, 0) is 11.0 Å². The van der Waals surface area contributed by atoms with Crippen molar-refractivity contribution in [3.63, 3.8) is 0 Å². The highest BCUT2D eigenvalue weighted by Crippen LogP contribution is 2.28. The van der Waals surface area contributed by atoms with E-state index in [1.165, 1.54) is 6.07 Å². The van der Waals surface area contributed by atoms with Crippen molar-refractivity contribution in [2.24, 2.45) is 0 Å². The van der Waals surface area contributed by atoms with Gasteiger partial charge in [-0.1, -0.05) is 39.0 Å². The second-order valence-corrected chi connectivity index (χ2v) is 4.51. The molecule has 0 spiro atoms. The molecule has 2 radical (unpaired) electrons. The van der Waals surface area contributed by atoms with E-state index in [1.54, 1.807) is 6.07 Å². The van der Waals surface area contributed by atoms with Gasteiger partial charge < -0.3 is 5.73 Å². The Kier molecular flexibility index (Phi) is 5.63. The van der Waals surface area contributed by atoms with Crippen LogP contribution in [0.1, 0.15) is 26.3 Å². The van der Waals surface area contributed by atoms with Crippen molar-refractivity contribution in [1.82, 2.24) is 0 Å². The summed E-state index contributed by atoms with van der Waals surface area (Å²) in [5.41, 5.74) is 6.32. The van der Waals surface area contributed by atoms with E-state index in [-0.39, 0.29) is 22.3 Å². The minimum absolute atomic E-state index is 0.0352. The Morgan fingerprint density at radius 1 is 1.35 bits per heavy atom. The van der Waals surface area contributed by atoms with Crippen molar-refractivity contribution in [3.05, 3.63) is 27.8 Å². The van der Waals surface area contributed by atoms with Crippen LogP contribution >= 0.6 is 9.24 Å². The Morgan fingerprint density at radius 2 is 1.82 bits per heavy atom. The first-order valence-electron chi connectivity index (χ1n) is 5.15. The molecule has 0 bridgehead atoms. The van der Waals surface area contributed by atoms with E-state index in [1.807, 2.05) is 27.4 Å². The maximum Gasteiger partial charge on any atom is 0.291 e. The third-order valence-corrected chi connectivity index (χ3v) is 2.25. The van der Waals surface area contributed by atoms with E-state index < -0.39 is 4.92 Å². The molecule has 2 N–H and O–H groups in total. The van der Waals surface area contributed by atoms with Gasteiger partial charge in [-0.15, -0.1) is 9.24 Å². The molecule has 0 heterocycles. The van der Waals surface area contributed by atoms with E-state index in [2.05, 4.69) is 9.24 Å². The quantitative estimate of drug-likeness (QED) is 0.272. The number of anilines is 1. The third kappa shape index (κ3) is 4.01. The fourth-order valence-electron chi connectivity index (χ4n) is 1.24. The maximum atomic E-state index is 10.7. The molecule has 0 aliphatic carbocycles. The lowest BCUT2D eigenvalue weighted by Gasteiger charge is -2.20. The number of rotatable bonds is 1. The van der Waals surface area contributed by atoms with Crippen LogP contribution < -0.4 is 11.2 Å². The highest BCUT2D eigenvalue weighted by Gasteiger charge is 2.21. The molecule has 4 nitrogen and oxygen atoms in total. The Bertz CT molecular complexity index is 417. The first-order chi connectivity index (χ1) is 7.73. The molecule has 6 heteroatoms. The number of nitrogen functional groups attached to an aromatic ring is 1. The first kappa shape index (κ1) is 15.9. The summed E-state index contributed by atoms with van der Waals surface area (Å²) in [5, 5.41) is 10.7. The number of hydrogen-bond acceptors (Lipinski definition) is 3. The van der Waals surface area contributed by atoms with Gasteiger partial charge in [0.1, 0.15) is 13.5 Å². The molecule has 17 heavy (non-hydrogen) atoms. The molecule has 92 valence electrons. The Labute approximate surface area is 106 Å². The average molecular weight is 252 g/mol. The molecule has 0 aliphatic rings. The largest absolute Gasteiger partial charge is 0.394 e. The summed E-state index contributed by atoms with van der Waals surface area (Å²) in [6, 6.07) is 3.16. The van der Waals surface area contributed by atoms with Gasteiger partial charge in [-0.3, -0.25) is 10.1 Å². The van der Waals surface area contributed by atoms with Crippen LogP contribution in [-0.2, 0) is 5.41 Å². The molecular formula is C11H18BN2O2P. The minimum atomic E-state index is -0.513. The van der Waals surface area contributed by atoms with Crippen LogP contribution in [0, 0.1) is 10.1 Å². The number of nitrogens with two attached hydrogens (primary N) is 1. The van der Waals surface area contributed by atoms with Gasteiger partial charge in [-0.2, -0.15) is 0 Å². The number of hydrogen-bond donors (Lipinski definition) is 1. The van der Waals surface area contributed by atoms with Crippen LogP contribution in [0.4, 0.5) is 11.4 Å². The Hall–Kier alpha value is -1.09. The van der Waals surface area contributed by atoms with Crippen molar-refractivity contribution in [3.8, 4) is 0 Å². The predicted molar refractivity (Wildman–Crippen MR) is 77.2 cm³/mol. The molecule has 1 rings (SSSR count). The molecule has 1 atom stereocenters. The van der Waals surface area contributed by atoms with Gasteiger partial charge in [0.25, 0.3) is 5.69 Å². The smallest absolute Gasteiger partial charge is 0.291 e. The van der Waals surface area contributed by atoms with Crippen molar-refractivity contribution in [2.75, 3.05) is 12.4 Å². The van der Waals surface area contributed by atoms with E-state index in [4.69, 9.17) is 13.6 Å². The van der Waals surface area contributed by atoms with Gasteiger partial charge in [-0.25, -0.2) is 0 Å². The van der Waals surface area contributed by atoms with Crippen molar-refractivity contribution >= 4 is 33.9 Å². The van der Waals surface area contributed by atoms with Gasteiger partial charge in [0, 0.05) is 6.07 Å². The minimum Gasteiger partial charge on any atom is -0.394 e. The van der Waals surface area contributed by atoms with Gasteiger partial charge in [0.2, 0.25) is 0 Å². The zero-order valence-electron chi connectivity index (χ0n) is 10.7. The Balaban J connectivity index is 0.00000121. The molecule has 0 amide bonds. The number of nitro benzene ring substituents is 1. The van der Waals surface area contributed by atoms with Crippen LogP contribution in [-0.4, -0.2) is 19.4 Å². The van der Waals surface area contributed by atoms with Gasteiger partial charge in [0.15, 0.2) is 0 Å². The lowest BCUT2D eigenvalue weighted by molar-refractivity contribution is -0.383. The number of benzene rings is 1. The van der Waals surface area contributed by atoms with E-state index in [9.17, 15) is 10.1 Å². The van der Waals surface area contributed by atoms with Crippen LogP contribution in [0.15, 0.2) is 12.1 Å². The maximum absolute atomic E-state index is 10.7. The second-order valence-electron chi connectivity index (χ2n) is 4.51. The van der Waals surface area contributed by atoms with E-state index >= 15 is 0 Å². The van der Waals surface area contributed by atoms with Crippen molar-refractivity contribution in [1.29, 1.82) is 0 Å². The molecule has 1 aromatic carbocycles. The van der Waals surface area contributed by atoms with E-state index in [0.717, 1.165) is 5.56 Å². The average Bonchev–Trinajstić information content (AvgIpc) is 2.22. The fraction of sp³-hybridized carbons (Fsp3) is 0.455. The predicted octanol–water partition coefficient (Wildman–Crippen LogP) is 1.76. The van der Waals surface area contributed by atoms with Gasteiger partial charge >= 0.3 is 0 Å². The third-order valence-electron chi connectivity index (χ3n) is 2.25. The van der Waals surface area contributed by atoms with Crippen molar-refractivity contribution < 1.29 is 4.92 Å². The van der Waals surface area contributed by atoms with Crippen molar-refractivity contribution in [2.45, 2.75) is 26.2 Å².